The van der Waals surface area contributed by atoms with E-state index in [1.54, 1.807) is 7.11 Å². The fraction of sp³-hybridized carbons (Fsp3) is 0.350. The molecule has 0 radical (unpaired) electrons. The van der Waals surface area contributed by atoms with E-state index in [1.807, 2.05) is 48.5 Å². The largest absolute Gasteiger partial charge is 0.496 e. The standard InChI is InChI=1S/C20H24N2O3/c1-25-19-9-5-8-15-16(19)10-11-17(15)22-20(24)21-13-12-18(23)14-6-3-2-4-7-14/h2-9,17-18,23H,10-13H2,1H3,(H2,21,22,24). The lowest BCUT2D eigenvalue weighted by Gasteiger charge is -2.16. The predicted molar refractivity (Wildman–Crippen MR) is 96.6 cm³/mol. The van der Waals surface area contributed by atoms with Crippen molar-refractivity contribution in [1.29, 1.82) is 0 Å². The van der Waals surface area contributed by atoms with Gasteiger partial charge in [-0.05, 0) is 42.0 Å². The number of amides is 2. The molecule has 0 fully saturated rings. The molecule has 0 aromatic heterocycles. The Morgan fingerprint density at radius 2 is 2.04 bits per heavy atom. The van der Waals surface area contributed by atoms with Crippen LogP contribution < -0.4 is 15.4 Å². The second kappa shape index (κ2) is 8.03. The van der Waals surface area contributed by atoms with E-state index in [4.69, 9.17) is 4.74 Å². The Kier molecular flexibility index (Phi) is 5.56. The highest BCUT2D eigenvalue weighted by Gasteiger charge is 2.26. The van der Waals surface area contributed by atoms with Crippen LogP contribution in [-0.4, -0.2) is 24.8 Å². The van der Waals surface area contributed by atoms with E-state index in [2.05, 4.69) is 10.6 Å². The van der Waals surface area contributed by atoms with Gasteiger partial charge in [-0.15, -0.1) is 0 Å². The molecule has 0 spiro atoms. The first-order valence-electron chi connectivity index (χ1n) is 8.62. The van der Waals surface area contributed by atoms with Crippen LogP contribution in [-0.2, 0) is 6.42 Å². The number of methoxy groups -OCH3 is 1. The van der Waals surface area contributed by atoms with Gasteiger partial charge in [0, 0.05) is 6.54 Å². The maximum atomic E-state index is 12.1. The molecular formula is C20H24N2O3. The number of rotatable bonds is 6. The molecule has 2 amide bonds. The molecule has 3 rings (SSSR count). The molecule has 0 saturated carbocycles. The van der Waals surface area contributed by atoms with Crippen molar-refractivity contribution in [3.63, 3.8) is 0 Å². The highest BCUT2D eigenvalue weighted by Crippen LogP contribution is 2.36. The summed E-state index contributed by atoms with van der Waals surface area (Å²) in [6.45, 7) is 0.416. The highest BCUT2D eigenvalue weighted by molar-refractivity contribution is 5.74. The number of aliphatic hydroxyl groups is 1. The number of urea groups is 1. The number of carbonyl (C=O) groups is 1. The van der Waals surface area contributed by atoms with Gasteiger partial charge in [-0.1, -0.05) is 42.5 Å². The first-order valence-corrected chi connectivity index (χ1v) is 8.62. The Bertz CT molecular complexity index is 718. The van der Waals surface area contributed by atoms with Gasteiger partial charge in [0.05, 0.1) is 19.3 Å². The summed E-state index contributed by atoms with van der Waals surface area (Å²) in [5.74, 6) is 0.883. The molecule has 132 valence electrons. The first-order chi connectivity index (χ1) is 12.2. The topological polar surface area (TPSA) is 70.6 Å². The average molecular weight is 340 g/mol. The number of aliphatic hydroxyl groups excluding tert-OH is 1. The van der Waals surface area contributed by atoms with E-state index < -0.39 is 6.10 Å². The number of benzene rings is 2. The zero-order valence-corrected chi connectivity index (χ0v) is 14.4. The van der Waals surface area contributed by atoms with Crippen molar-refractivity contribution in [2.75, 3.05) is 13.7 Å². The molecule has 1 aliphatic carbocycles. The molecule has 5 nitrogen and oxygen atoms in total. The number of carbonyl (C=O) groups excluding carboxylic acids is 1. The zero-order valence-electron chi connectivity index (χ0n) is 14.4. The summed E-state index contributed by atoms with van der Waals surface area (Å²) in [6, 6.07) is 15.2. The summed E-state index contributed by atoms with van der Waals surface area (Å²) < 4.78 is 5.39. The monoisotopic (exact) mass is 340 g/mol. The maximum absolute atomic E-state index is 12.1. The fourth-order valence-corrected chi connectivity index (χ4v) is 3.34. The van der Waals surface area contributed by atoms with Gasteiger partial charge in [-0.25, -0.2) is 4.79 Å². The van der Waals surface area contributed by atoms with Crippen LogP contribution in [0, 0.1) is 0 Å². The van der Waals surface area contributed by atoms with E-state index in [9.17, 15) is 9.90 Å². The average Bonchev–Trinajstić information content (AvgIpc) is 3.05. The van der Waals surface area contributed by atoms with Gasteiger partial charge in [-0.2, -0.15) is 0 Å². The molecule has 1 aliphatic rings. The third-order valence-electron chi connectivity index (χ3n) is 4.64. The number of nitrogens with one attached hydrogen (secondary N) is 2. The van der Waals surface area contributed by atoms with E-state index in [0.717, 1.165) is 29.7 Å². The van der Waals surface area contributed by atoms with Crippen molar-refractivity contribution in [2.45, 2.75) is 31.4 Å². The second-order valence-electron chi connectivity index (χ2n) is 6.23. The van der Waals surface area contributed by atoms with Crippen LogP contribution in [0.1, 0.15) is 41.7 Å². The molecule has 2 aromatic rings. The van der Waals surface area contributed by atoms with Gasteiger partial charge >= 0.3 is 6.03 Å². The summed E-state index contributed by atoms with van der Waals surface area (Å²) in [5.41, 5.74) is 3.16. The van der Waals surface area contributed by atoms with Gasteiger partial charge < -0.3 is 20.5 Å². The van der Waals surface area contributed by atoms with Crippen molar-refractivity contribution in [2.24, 2.45) is 0 Å². The molecule has 2 unspecified atom stereocenters. The molecule has 3 N–H and O–H groups in total. The van der Waals surface area contributed by atoms with Crippen LogP contribution in [0.2, 0.25) is 0 Å². The molecule has 0 bridgehead atoms. The van der Waals surface area contributed by atoms with Gasteiger partial charge in [0.25, 0.3) is 0 Å². The summed E-state index contributed by atoms with van der Waals surface area (Å²) in [4.78, 5) is 12.1. The Balaban J connectivity index is 1.48. The molecule has 0 saturated heterocycles. The Morgan fingerprint density at radius 1 is 1.24 bits per heavy atom. The number of hydrogen-bond acceptors (Lipinski definition) is 3. The molecular weight excluding hydrogens is 316 g/mol. The molecule has 5 heteroatoms. The normalized spacial score (nSPS) is 16.8. The van der Waals surface area contributed by atoms with Crippen molar-refractivity contribution < 1.29 is 14.6 Å². The van der Waals surface area contributed by atoms with Crippen LogP contribution in [0.5, 0.6) is 5.75 Å². The summed E-state index contributed by atoms with van der Waals surface area (Å²) >= 11 is 0. The zero-order chi connectivity index (χ0) is 17.6. The maximum Gasteiger partial charge on any atom is 0.315 e. The smallest absolute Gasteiger partial charge is 0.315 e. The van der Waals surface area contributed by atoms with E-state index >= 15 is 0 Å². The first kappa shape index (κ1) is 17.3. The van der Waals surface area contributed by atoms with Gasteiger partial charge in [-0.3, -0.25) is 0 Å². The minimum absolute atomic E-state index is 0.00384. The number of fused-ring (bicyclic) bond motifs is 1. The van der Waals surface area contributed by atoms with Crippen molar-refractivity contribution in [3.8, 4) is 5.75 Å². The lowest BCUT2D eigenvalue weighted by molar-refractivity contribution is 0.166. The van der Waals surface area contributed by atoms with E-state index in [1.165, 1.54) is 5.56 Å². The molecule has 2 atom stereocenters. The SMILES string of the molecule is COc1cccc2c1CCC2NC(=O)NCCC(O)c1ccccc1. The lowest BCUT2D eigenvalue weighted by atomic mass is 10.1. The van der Waals surface area contributed by atoms with Crippen LogP contribution in [0.4, 0.5) is 4.79 Å². The third-order valence-corrected chi connectivity index (χ3v) is 4.64. The molecule has 0 heterocycles. The van der Waals surface area contributed by atoms with Gasteiger partial charge in [0.15, 0.2) is 0 Å². The fourth-order valence-electron chi connectivity index (χ4n) is 3.34. The van der Waals surface area contributed by atoms with Crippen molar-refractivity contribution in [3.05, 3.63) is 65.2 Å². The van der Waals surface area contributed by atoms with Crippen LogP contribution >= 0.6 is 0 Å². The van der Waals surface area contributed by atoms with Crippen molar-refractivity contribution >= 4 is 6.03 Å². The lowest BCUT2D eigenvalue weighted by Crippen LogP contribution is -2.38. The number of ether oxygens (including phenoxy) is 1. The minimum Gasteiger partial charge on any atom is -0.496 e. The Hall–Kier alpha value is -2.53. The molecule has 25 heavy (non-hydrogen) atoms. The minimum atomic E-state index is -0.571. The highest BCUT2D eigenvalue weighted by atomic mass is 16.5. The van der Waals surface area contributed by atoms with E-state index in [0.29, 0.717) is 13.0 Å². The molecule has 2 aromatic carbocycles. The quantitative estimate of drug-likeness (QED) is 0.757. The van der Waals surface area contributed by atoms with Crippen LogP contribution in [0.15, 0.2) is 48.5 Å². The van der Waals surface area contributed by atoms with E-state index in [-0.39, 0.29) is 12.1 Å². The number of hydrogen-bond donors (Lipinski definition) is 3. The summed E-state index contributed by atoms with van der Waals surface area (Å²) in [5, 5.41) is 16.0. The summed E-state index contributed by atoms with van der Waals surface area (Å²) in [7, 11) is 1.67. The van der Waals surface area contributed by atoms with Crippen molar-refractivity contribution in [1.82, 2.24) is 10.6 Å². The molecule has 0 aliphatic heterocycles. The van der Waals surface area contributed by atoms with Crippen LogP contribution in [0.3, 0.4) is 0 Å². The Labute approximate surface area is 148 Å². The predicted octanol–water partition coefficient (Wildman–Crippen LogP) is 3.11. The third kappa shape index (κ3) is 4.12. The summed E-state index contributed by atoms with van der Waals surface area (Å²) in [6.07, 6.45) is 1.68. The Morgan fingerprint density at radius 3 is 2.80 bits per heavy atom. The second-order valence-corrected chi connectivity index (χ2v) is 6.23. The van der Waals surface area contributed by atoms with Crippen LogP contribution in [0.25, 0.3) is 0 Å². The van der Waals surface area contributed by atoms with Gasteiger partial charge in [0.1, 0.15) is 5.75 Å². The van der Waals surface area contributed by atoms with Gasteiger partial charge in [0.2, 0.25) is 0 Å².